The van der Waals surface area contributed by atoms with E-state index in [9.17, 15) is 9.70 Å². The van der Waals surface area contributed by atoms with E-state index in [1.165, 1.54) is 26.4 Å². The average molecular weight is 291 g/mol. The molecule has 0 heterocycles. The number of carbonyl (C=O) groups is 1. The van der Waals surface area contributed by atoms with Crippen molar-refractivity contribution in [2.24, 2.45) is 5.18 Å². The lowest BCUT2D eigenvalue weighted by molar-refractivity contribution is -0.119. The lowest BCUT2D eigenvalue weighted by Gasteiger charge is -2.06. The van der Waals surface area contributed by atoms with E-state index in [0.717, 1.165) is 18.4 Å². The summed E-state index contributed by atoms with van der Waals surface area (Å²) in [6.45, 7) is 2.19. The lowest BCUT2D eigenvalue weighted by Crippen LogP contribution is -2.00. The maximum absolute atomic E-state index is 11.8. The van der Waals surface area contributed by atoms with E-state index in [-0.39, 0.29) is 0 Å². The van der Waals surface area contributed by atoms with Gasteiger partial charge in [-0.3, -0.25) is 4.79 Å². The molecule has 0 saturated carbocycles. The maximum atomic E-state index is 11.8. The number of hydrogen-bond acceptors (Lipinski definition) is 4. The van der Waals surface area contributed by atoms with Crippen LogP contribution < -0.4 is 4.74 Å². The van der Waals surface area contributed by atoms with E-state index in [1.54, 1.807) is 12.1 Å². The molecule has 0 radical (unpaired) electrons. The number of benzene rings is 1. The van der Waals surface area contributed by atoms with Crippen LogP contribution in [0.4, 0.5) is 5.69 Å². The molecule has 116 valence electrons. The second-order valence-electron chi connectivity index (χ2n) is 5.30. The van der Waals surface area contributed by atoms with E-state index in [4.69, 9.17) is 4.74 Å². The number of unbranched alkanes of at least 4 members (excludes halogenated alkanes) is 4. The third-order valence-electron chi connectivity index (χ3n) is 3.59. The van der Waals surface area contributed by atoms with Crippen LogP contribution in [0.25, 0.3) is 0 Å². The van der Waals surface area contributed by atoms with Crippen molar-refractivity contribution < 1.29 is 9.53 Å². The zero-order valence-electron chi connectivity index (χ0n) is 13.1. The van der Waals surface area contributed by atoms with Crippen molar-refractivity contribution in [1.82, 2.24) is 0 Å². The first-order valence-corrected chi connectivity index (χ1v) is 7.73. The fourth-order valence-electron chi connectivity index (χ4n) is 2.29. The molecule has 0 fully saturated rings. The number of ketones is 1. The maximum Gasteiger partial charge on any atom is 0.149 e. The largest absolute Gasteiger partial charge is 0.494 e. The van der Waals surface area contributed by atoms with Gasteiger partial charge in [-0.25, -0.2) is 0 Å². The van der Waals surface area contributed by atoms with Crippen LogP contribution in [0.3, 0.4) is 0 Å². The normalized spacial score (nSPS) is 10.4. The number of hydrogen-bond donors (Lipinski definition) is 0. The predicted octanol–water partition coefficient (Wildman–Crippen LogP) is 4.96. The van der Waals surface area contributed by atoms with Crippen LogP contribution in [0.5, 0.6) is 5.75 Å². The monoisotopic (exact) mass is 291 g/mol. The van der Waals surface area contributed by atoms with Gasteiger partial charge in [0.2, 0.25) is 0 Å². The summed E-state index contributed by atoms with van der Waals surface area (Å²) in [6, 6.07) is 5.25. The Labute approximate surface area is 126 Å². The van der Waals surface area contributed by atoms with Crippen LogP contribution >= 0.6 is 0 Å². The van der Waals surface area contributed by atoms with Crippen molar-refractivity contribution in [3.63, 3.8) is 0 Å². The van der Waals surface area contributed by atoms with Crippen molar-refractivity contribution >= 4 is 11.5 Å². The summed E-state index contributed by atoms with van der Waals surface area (Å²) in [7, 11) is 1.51. The van der Waals surface area contributed by atoms with E-state index >= 15 is 0 Å². The quantitative estimate of drug-likeness (QED) is 0.428. The highest BCUT2D eigenvalue weighted by Gasteiger charge is 2.07. The van der Waals surface area contributed by atoms with Crippen molar-refractivity contribution in [2.45, 2.75) is 58.3 Å². The molecule has 0 unspecified atom stereocenters. The molecule has 0 aromatic heterocycles. The number of carbonyl (C=O) groups excluding carboxylic acids is 1. The molecular weight excluding hydrogens is 266 g/mol. The van der Waals surface area contributed by atoms with E-state index in [2.05, 4.69) is 12.1 Å². The standard InChI is InChI=1S/C17H25NO3/c1-3-4-5-6-7-8-15(19)11-9-14-10-12-16(18-20)17(13-14)21-2/h10,12-13H,3-9,11H2,1-2H3. The van der Waals surface area contributed by atoms with Gasteiger partial charge in [0.25, 0.3) is 0 Å². The van der Waals surface area contributed by atoms with Gasteiger partial charge < -0.3 is 4.74 Å². The van der Waals surface area contributed by atoms with Crippen molar-refractivity contribution in [3.05, 3.63) is 28.7 Å². The first-order chi connectivity index (χ1) is 10.2. The third-order valence-corrected chi connectivity index (χ3v) is 3.59. The Bertz CT molecular complexity index is 457. The minimum absolute atomic E-state index is 0.295. The highest BCUT2D eigenvalue weighted by molar-refractivity contribution is 5.78. The Morgan fingerprint density at radius 2 is 1.90 bits per heavy atom. The molecule has 4 nitrogen and oxygen atoms in total. The number of rotatable bonds is 11. The Morgan fingerprint density at radius 3 is 2.57 bits per heavy atom. The molecule has 0 aliphatic heterocycles. The van der Waals surface area contributed by atoms with Gasteiger partial charge >= 0.3 is 0 Å². The summed E-state index contributed by atoms with van der Waals surface area (Å²) in [5, 5.41) is 2.90. The molecule has 0 saturated heterocycles. The summed E-state index contributed by atoms with van der Waals surface area (Å²) < 4.78 is 5.11. The van der Waals surface area contributed by atoms with Crippen molar-refractivity contribution in [1.29, 1.82) is 0 Å². The van der Waals surface area contributed by atoms with Crippen molar-refractivity contribution in [2.75, 3.05) is 7.11 Å². The van der Waals surface area contributed by atoms with E-state index in [1.807, 2.05) is 6.07 Å². The topological polar surface area (TPSA) is 55.7 Å². The Morgan fingerprint density at radius 1 is 1.14 bits per heavy atom. The van der Waals surface area contributed by atoms with Crippen LogP contribution in [0.15, 0.2) is 23.4 Å². The van der Waals surface area contributed by atoms with Crippen LogP contribution in [0, 0.1) is 4.91 Å². The van der Waals surface area contributed by atoms with Gasteiger partial charge in [0.1, 0.15) is 17.2 Å². The van der Waals surface area contributed by atoms with Crippen LogP contribution in [0.1, 0.15) is 57.4 Å². The minimum Gasteiger partial charge on any atom is -0.494 e. The molecule has 21 heavy (non-hydrogen) atoms. The third kappa shape index (κ3) is 6.52. The number of aryl methyl sites for hydroxylation is 1. The Kier molecular flexibility index (Phi) is 8.32. The SMILES string of the molecule is CCCCCCCC(=O)CCc1ccc(N=O)c(OC)c1. The van der Waals surface area contributed by atoms with Crippen molar-refractivity contribution in [3.8, 4) is 5.75 Å². The first-order valence-electron chi connectivity index (χ1n) is 7.73. The summed E-state index contributed by atoms with van der Waals surface area (Å²) >= 11 is 0. The molecule has 1 aromatic carbocycles. The molecule has 0 amide bonds. The van der Waals surface area contributed by atoms with Crippen LogP contribution in [-0.4, -0.2) is 12.9 Å². The summed E-state index contributed by atoms with van der Waals surface area (Å²) in [5.74, 6) is 0.776. The lowest BCUT2D eigenvalue weighted by atomic mass is 10.0. The molecule has 1 rings (SSSR count). The second-order valence-corrected chi connectivity index (χ2v) is 5.30. The number of Topliss-reactive ketones (excluding diaryl/α,β-unsaturated/α-hetero) is 1. The summed E-state index contributed by atoms with van der Waals surface area (Å²) in [4.78, 5) is 22.4. The predicted molar refractivity (Wildman–Crippen MR) is 85.2 cm³/mol. The summed E-state index contributed by atoms with van der Waals surface area (Å²) in [5.41, 5.74) is 1.29. The van der Waals surface area contributed by atoms with E-state index in [0.29, 0.717) is 36.5 Å². The zero-order chi connectivity index (χ0) is 15.5. The molecule has 1 aromatic rings. The molecule has 4 heteroatoms. The van der Waals surface area contributed by atoms with Gasteiger partial charge in [0.15, 0.2) is 0 Å². The van der Waals surface area contributed by atoms with Gasteiger partial charge in [0, 0.05) is 12.8 Å². The van der Waals surface area contributed by atoms with Crippen LogP contribution in [-0.2, 0) is 11.2 Å². The van der Waals surface area contributed by atoms with Gasteiger partial charge in [-0.2, -0.15) is 0 Å². The molecule has 0 atom stereocenters. The summed E-state index contributed by atoms with van der Waals surface area (Å²) in [6.07, 6.45) is 7.75. The smallest absolute Gasteiger partial charge is 0.149 e. The Balaban J connectivity index is 2.34. The fraction of sp³-hybridized carbons (Fsp3) is 0.588. The minimum atomic E-state index is 0.295. The molecule has 0 aliphatic rings. The fourth-order valence-corrected chi connectivity index (χ4v) is 2.29. The van der Waals surface area contributed by atoms with Crippen LogP contribution in [0.2, 0.25) is 0 Å². The molecular formula is C17H25NO3. The number of methoxy groups -OCH3 is 1. The number of nitrogens with zero attached hydrogens (tertiary/aromatic N) is 1. The first kappa shape index (κ1) is 17.3. The molecule has 0 spiro atoms. The van der Waals surface area contributed by atoms with Gasteiger partial charge in [-0.05, 0) is 35.7 Å². The zero-order valence-corrected chi connectivity index (χ0v) is 13.1. The second kappa shape index (κ2) is 10.1. The highest BCUT2D eigenvalue weighted by atomic mass is 16.5. The molecule has 0 bridgehead atoms. The molecule has 0 N–H and O–H groups in total. The molecule has 0 aliphatic carbocycles. The van der Waals surface area contributed by atoms with Gasteiger partial charge in [-0.1, -0.05) is 38.7 Å². The van der Waals surface area contributed by atoms with Gasteiger partial charge in [0.05, 0.1) is 7.11 Å². The van der Waals surface area contributed by atoms with E-state index < -0.39 is 0 Å². The number of nitroso groups, excluding NO2 is 1. The highest BCUT2D eigenvalue weighted by Crippen LogP contribution is 2.28. The average Bonchev–Trinajstić information content (AvgIpc) is 2.52. The number of ether oxygens (including phenoxy) is 1. The Hall–Kier alpha value is -1.71. The van der Waals surface area contributed by atoms with Gasteiger partial charge in [-0.15, -0.1) is 4.91 Å².